The molecule has 11 heavy (non-hydrogen) atoms. The van der Waals surface area contributed by atoms with Gasteiger partial charge in [-0.2, -0.15) is 0 Å². The molecule has 0 aromatic carbocycles. The third-order valence-electron chi connectivity index (χ3n) is 1.68. The molecular weight excluding hydrogens is 166 g/mol. The Labute approximate surface area is 69.8 Å². The van der Waals surface area contributed by atoms with Crippen LogP contribution in [0.1, 0.15) is 12.8 Å². The molecule has 1 aliphatic rings. The van der Waals surface area contributed by atoms with Crippen molar-refractivity contribution in [1.82, 2.24) is 5.32 Å². The molecule has 62 valence electrons. The van der Waals surface area contributed by atoms with Crippen molar-refractivity contribution in [1.29, 1.82) is 0 Å². The highest BCUT2D eigenvalue weighted by Crippen LogP contribution is 2.19. The fourth-order valence-electron chi connectivity index (χ4n) is 1.07. The zero-order valence-corrected chi connectivity index (χ0v) is 6.77. The minimum atomic E-state index is -0.112. The highest BCUT2D eigenvalue weighted by Gasteiger charge is 2.16. The van der Waals surface area contributed by atoms with Crippen LogP contribution in [-0.2, 0) is 0 Å². The molecule has 1 unspecified atom stereocenters. The van der Waals surface area contributed by atoms with E-state index in [1.54, 1.807) is 0 Å². The number of hydrogen-bond acceptors (Lipinski definition) is 4. The van der Waals surface area contributed by atoms with E-state index >= 15 is 0 Å². The van der Waals surface area contributed by atoms with E-state index < -0.39 is 0 Å². The van der Waals surface area contributed by atoms with E-state index in [-0.39, 0.29) is 11.3 Å². The minimum Gasteiger partial charge on any atom is -0.381 e. The van der Waals surface area contributed by atoms with Crippen LogP contribution in [-0.4, -0.2) is 12.0 Å². The van der Waals surface area contributed by atoms with Gasteiger partial charge >= 0.3 is 0 Å². The summed E-state index contributed by atoms with van der Waals surface area (Å²) in [7, 11) is 0. The Morgan fingerprint density at radius 1 is 1.82 bits per heavy atom. The number of alkyl halides is 1. The normalized spacial score (nSPS) is 29.7. The second-order valence-corrected chi connectivity index (χ2v) is 2.98. The average Bonchev–Trinajstić information content (AvgIpc) is 2.03. The van der Waals surface area contributed by atoms with E-state index in [1.807, 2.05) is 0 Å². The molecule has 1 fully saturated rings. The highest BCUT2D eigenvalue weighted by molar-refractivity contribution is 6.20. The van der Waals surface area contributed by atoms with Gasteiger partial charge in [0, 0.05) is 13.0 Å². The van der Waals surface area contributed by atoms with Crippen LogP contribution in [0.25, 0.3) is 0 Å². The van der Waals surface area contributed by atoms with Crippen LogP contribution >= 0.6 is 11.6 Å². The zero-order chi connectivity index (χ0) is 8.27. The molecule has 0 aromatic rings. The van der Waals surface area contributed by atoms with Crippen LogP contribution in [0.4, 0.5) is 0 Å². The number of hydrogen-bond donors (Lipinski definition) is 2. The van der Waals surface area contributed by atoms with Crippen molar-refractivity contribution >= 4 is 11.6 Å². The Bertz CT molecular complexity index is 192. The molecule has 4 nitrogen and oxygen atoms in total. The molecule has 0 bridgehead atoms. The lowest BCUT2D eigenvalue weighted by molar-refractivity contribution is 0.562. The third-order valence-corrected chi connectivity index (χ3v) is 1.99. The van der Waals surface area contributed by atoms with Gasteiger partial charge in [0.1, 0.15) is 0 Å². The van der Waals surface area contributed by atoms with Gasteiger partial charge in [-0.15, -0.1) is 16.5 Å². The summed E-state index contributed by atoms with van der Waals surface area (Å²) in [5.41, 5.74) is 6.07. The monoisotopic (exact) mass is 175 g/mol. The van der Waals surface area contributed by atoms with Crippen molar-refractivity contribution in [2.75, 3.05) is 6.54 Å². The summed E-state index contributed by atoms with van der Waals surface area (Å²) in [6.07, 6.45) is 1.37. The van der Waals surface area contributed by atoms with Crippen molar-refractivity contribution < 1.29 is 0 Å². The zero-order valence-electron chi connectivity index (χ0n) is 6.01. The number of halogens is 1. The van der Waals surface area contributed by atoms with Crippen molar-refractivity contribution in [2.24, 2.45) is 10.9 Å². The minimum absolute atomic E-state index is 0.0946. The van der Waals surface area contributed by atoms with E-state index in [2.05, 4.69) is 10.5 Å². The maximum Gasteiger partial charge on any atom is 0.167 e. The second kappa shape index (κ2) is 3.69. The summed E-state index contributed by atoms with van der Waals surface area (Å²) < 4.78 is 0. The molecule has 0 aliphatic carbocycles. The van der Waals surface area contributed by atoms with Gasteiger partial charge in [0.2, 0.25) is 0 Å². The Balaban J connectivity index is 2.65. The Morgan fingerprint density at radius 2 is 2.55 bits per heavy atom. The lowest BCUT2D eigenvalue weighted by Crippen LogP contribution is -2.31. The van der Waals surface area contributed by atoms with Crippen LogP contribution < -0.4 is 11.1 Å². The summed E-state index contributed by atoms with van der Waals surface area (Å²) >= 11 is 5.77. The van der Waals surface area contributed by atoms with Crippen molar-refractivity contribution in [3.05, 3.63) is 16.3 Å². The van der Waals surface area contributed by atoms with Crippen LogP contribution in [0.5, 0.6) is 0 Å². The van der Waals surface area contributed by atoms with Crippen LogP contribution in [0.3, 0.4) is 0 Å². The van der Waals surface area contributed by atoms with Gasteiger partial charge in [0.25, 0.3) is 0 Å². The van der Waals surface area contributed by atoms with Crippen LogP contribution in [0.2, 0.25) is 0 Å². The molecule has 0 spiro atoms. The summed E-state index contributed by atoms with van der Waals surface area (Å²) in [6, 6.07) is 0. The van der Waals surface area contributed by atoms with E-state index in [9.17, 15) is 4.91 Å². The summed E-state index contributed by atoms with van der Waals surface area (Å²) in [4.78, 5) is 10.0. The molecule has 0 radical (unpaired) electrons. The molecule has 1 aliphatic heterocycles. The standard InChI is InChI=1S/C6H10ClN3O/c7-5-3-4(1-2-9-5)6(8)10-11/h5,9H,1-3,8H2/b6-4-. The summed E-state index contributed by atoms with van der Waals surface area (Å²) in [5.74, 6) is 0.0946. The lowest BCUT2D eigenvalue weighted by atomic mass is 10.1. The predicted molar refractivity (Wildman–Crippen MR) is 43.9 cm³/mol. The molecule has 5 heteroatoms. The van der Waals surface area contributed by atoms with E-state index in [1.165, 1.54) is 0 Å². The smallest absolute Gasteiger partial charge is 0.167 e. The van der Waals surface area contributed by atoms with E-state index in [4.69, 9.17) is 17.3 Å². The molecule has 0 saturated carbocycles. The first-order chi connectivity index (χ1) is 5.24. The summed E-state index contributed by atoms with van der Waals surface area (Å²) in [5, 5.41) is 5.69. The fourth-order valence-corrected chi connectivity index (χ4v) is 1.36. The van der Waals surface area contributed by atoms with Gasteiger partial charge in [-0.1, -0.05) is 0 Å². The van der Waals surface area contributed by atoms with Crippen molar-refractivity contribution in [3.63, 3.8) is 0 Å². The molecule has 1 atom stereocenters. The first kappa shape index (κ1) is 8.49. The van der Waals surface area contributed by atoms with E-state index in [0.717, 1.165) is 18.5 Å². The first-order valence-electron chi connectivity index (χ1n) is 3.42. The third kappa shape index (κ3) is 2.17. The molecular formula is C6H10ClN3O. The number of rotatable bonds is 1. The Morgan fingerprint density at radius 3 is 3.09 bits per heavy atom. The number of nitroso groups, excluding NO2 is 1. The van der Waals surface area contributed by atoms with Gasteiger partial charge in [0.15, 0.2) is 5.82 Å². The number of nitrogens with one attached hydrogen (secondary N) is 1. The Hall–Kier alpha value is -0.610. The fraction of sp³-hybridized carbons (Fsp3) is 0.667. The topological polar surface area (TPSA) is 67.5 Å². The maximum atomic E-state index is 10.0. The maximum absolute atomic E-state index is 10.0. The summed E-state index contributed by atoms with van der Waals surface area (Å²) in [6.45, 7) is 0.764. The van der Waals surface area contributed by atoms with Crippen LogP contribution in [0, 0.1) is 4.91 Å². The van der Waals surface area contributed by atoms with Crippen molar-refractivity contribution in [3.8, 4) is 0 Å². The molecule has 1 heterocycles. The predicted octanol–water partition coefficient (Wildman–Crippen LogP) is 0.871. The van der Waals surface area contributed by atoms with E-state index in [0.29, 0.717) is 6.42 Å². The van der Waals surface area contributed by atoms with Crippen LogP contribution in [0.15, 0.2) is 16.6 Å². The highest BCUT2D eigenvalue weighted by atomic mass is 35.5. The van der Waals surface area contributed by atoms with Gasteiger partial charge in [-0.25, -0.2) is 0 Å². The molecule has 0 amide bonds. The van der Waals surface area contributed by atoms with Gasteiger partial charge in [-0.05, 0) is 17.2 Å². The Kier molecular flexibility index (Phi) is 2.84. The van der Waals surface area contributed by atoms with Gasteiger partial charge in [-0.3, -0.25) is 0 Å². The number of nitrogens with two attached hydrogens (primary N) is 1. The number of piperidine rings is 1. The second-order valence-electron chi connectivity index (χ2n) is 2.46. The largest absolute Gasteiger partial charge is 0.381 e. The van der Waals surface area contributed by atoms with Gasteiger partial charge in [0.05, 0.1) is 5.50 Å². The average molecular weight is 176 g/mol. The number of nitrogens with zero attached hydrogens (tertiary/aromatic N) is 1. The molecule has 1 rings (SSSR count). The van der Waals surface area contributed by atoms with Gasteiger partial charge < -0.3 is 11.1 Å². The quantitative estimate of drug-likeness (QED) is 0.353. The molecule has 1 saturated heterocycles. The SMILES string of the molecule is N/C(N=O)=C1\CCNC(Cl)C1. The molecule has 3 N–H and O–H groups in total. The molecule has 0 aromatic heterocycles. The lowest BCUT2D eigenvalue weighted by Gasteiger charge is -2.20. The van der Waals surface area contributed by atoms with Crippen molar-refractivity contribution in [2.45, 2.75) is 18.3 Å². The first-order valence-corrected chi connectivity index (χ1v) is 3.86.